The second-order valence-corrected chi connectivity index (χ2v) is 11.7. The Morgan fingerprint density at radius 2 is 2.10 bits per heavy atom. The Bertz CT molecular complexity index is 548. The molecule has 0 spiro atoms. The van der Waals surface area contributed by atoms with Crippen molar-refractivity contribution in [3.8, 4) is 11.4 Å². The molecule has 5 nitrogen and oxygen atoms in total. The highest BCUT2D eigenvalue weighted by Crippen LogP contribution is 2.21. The standard InChI is InChI=1S/C14H22N4OSi/c1-20(2,3)9-8-19-11-18-10-12(15)14(17-18)13-6-4-5-7-16-13/h4-7,10H,8-9,11,15H2,1-3H3. The Kier molecular flexibility index (Phi) is 4.56. The number of ether oxygens (including phenoxy) is 1. The first-order chi connectivity index (χ1) is 9.46. The molecule has 0 aliphatic rings. The lowest BCUT2D eigenvalue weighted by Crippen LogP contribution is -2.22. The molecule has 2 N–H and O–H groups in total. The van der Waals surface area contributed by atoms with E-state index in [2.05, 4.69) is 29.7 Å². The lowest BCUT2D eigenvalue weighted by molar-refractivity contribution is 0.0788. The number of pyridine rings is 1. The zero-order valence-corrected chi connectivity index (χ0v) is 13.3. The monoisotopic (exact) mass is 290 g/mol. The summed E-state index contributed by atoms with van der Waals surface area (Å²) < 4.78 is 7.38. The largest absolute Gasteiger partial charge is 0.396 e. The maximum absolute atomic E-state index is 5.97. The maximum Gasteiger partial charge on any atom is 0.139 e. The van der Waals surface area contributed by atoms with Crippen LogP contribution in [0.1, 0.15) is 0 Å². The molecule has 0 radical (unpaired) electrons. The van der Waals surface area contributed by atoms with Crippen LogP contribution in [0.25, 0.3) is 11.4 Å². The molecule has 2 heterocycles. The van der Waals surface area contributed by atoms with Gasteiger partial charge in [-0.25, -0.2) is 4.68 Å². The van der Waals surface area contributed by atoms with E-state index in [1.165, 1.54) is 0 Å². The number of aromatic nitrogens is 3. The molecule has 0 unspecified atom stereocenters. The van der Waals surface area contributed by atoms with E-state index >= 15 is 0 Å². The minimum Gasteiger partial charge on any atom is -0.396 e. The summed E-state index contributed by atoms with van der Waals surface area (Å²) in [4.78, 5) is 4.26. The van der Waals surface area contributed by atoms with Crippen LogP contribution in [0.2, 0.25) is 25.7 Å². The summed E-state index contributed by atoms with van der Waals surface area (Å²) in [6.07, 6.45) is 3.52. The summed E-state index contributed by atoms with van der Waals surface area (Å²) in [7, 11) is -1.04. The van der Waals surface area contributed by atoms with E-state index in [4.69, 9.17) is 10.5 Å². The van der Waals surface area contributed by atoms with Gasteiger partial charge in [-0.05, 0) is 18.2 Å². The number of anilines is 1. The van der Waals surface area contributed by atoms with Gasteiger partial charge in [0.25, 0.3) is 0 Å². The van der Waals surface area contributed by atoms with Gasteiger partial charge in [0, 0.05) is 20.9 Å². The molecule has 0 aromatic carbocycles. The van der Waals surface area contributed by atoms with E-state index in [-0.39, 0.29) is 0 Å². The molecule has 0 fully saturated rings. The van der Waals surface area contributed by atoms with E-state index in [0.717, 1.165) is 18.3 Å². The molecule has 0 amide bonds. The van der Waals surface area contributed by atoms with Crippen molar-refractivity contribution in [2.24, 2.45) is 0 Å². The SMILES string of the molecule is C[Si](C)(C)CCOCn1cc(N)c(-c2ccccn2)n1. The van der Waals surface area contributed by atoms with Gasteiger partial charge in [-0.1, -0.05) is 25.7 Å². The molecule has 0 bridgehead atoms. The first kappa shape index (κ1) is 14.7. The van der Waals surface area contributed by atoms with Gasteiger partial charge in [-0.15, -0.1) is 0 Å². The lowest BCUT2D eigenvalue weighted by Gasteiger charge is -2.15. The van der Waals surface area contributed by atoms with Crippen LogP contribution in [0.5, 0.6) is 0 Å². The molecule has 2 rings (SSSR count). The van der Waals surface area contributed by atoms with Crippen LogP contribution in [0, 0.1) is 0 Å². The Balaban J connectivity index is 1.95. The zero-order valence-electron chi connectivity index (χ0n) is 12.3. The van der Waals surface area contributed by atoms with E-state index in [1.54, 1.807) is 17.1 Å². The molecule has 20 heavy (non-hydrogen) atoms. The minimum atomic E-state index is -1.04. The third kappa shape index (κ3) is 4.18. The summed E-state index contributed by atoms with van der Waals surface area (Å²) >= 11 is 0. The van der Waals surface area contributed by atoms with Crippen LogP contribution < -0.4 is 5.73 Å². The summed E-state index contributed by atoms with van der Waals surface area (Å²) in [6.45, 7) is 8.21. The van der Waals surface area contributed by atoms with Gasteiger partial charge >= 0.3 is 0 Å². The second kappa shape index (κ2) is 6.19. The highest BCUT2D eigenvalue weighted by molar-refractivity contribution is 6.76. The van der Waals surface area contributed by atoms with E-state index in [0.29, 0.717) is 18.1 Å². The van der Waals surface area contributed by atoms with Crippen molar-refractivity contribution in [3.05, 3.63) is 30.6 Å². The van der Waals surface area contributed by atoms with Crippen LogP contribution in [-0.2, 0) is 11.5 Å². The maximum atomic E-state index is 5.97. The van der Waals surface area contributed by atoms with Crippen molar-refractivity contribution in [1.29, 1.82) is 0 Å². The number of nitrogens with zero attached hydrogens (tertiary/aromatic N) is 3. The zero-order chi connectivity index (χ0) is 14.6. The van der Waals surface area contributed by atoms with Crippen LogP contribution in [0.15, 0.2) is 30.6 Å². The van der Waals surface area contributed by atoms with Gasteiger partial charge in [0.2, 0.25) is 0 Å². The predicted octanol–water partition coefficient (Wildman–Crippen LogP) is 2.84. The fourth-order valence-electron chi connectivity index (χ4n) is 1.74. The Hall–Kier alpha value is -1.66. The minimum absolute atomic E-state index is 0.432. The molecule has 0 aliphatic carbocycles. The Labute approximate surface area is 120 Å². The number of nitrogens with two attached hydrogens (primary N) is 1. The average Bonchev–Trinajstić information content (AvgIpc) is 2.76. The number of nitrogen functional groups attached to an aromatic ring is 1. The van der Waals surface area contributed by atoms with Crippen molar-refractivity contribution in [1.82, 2.24) is 14.8 Å². The molecule has 0 saturated carbocycles. The Morgan fingerprint density at radius 3 is 2.75 bits per heavy atom. The van der Waals surface area contributed by atoms with Gasteiger partial charge in [-0.3, -0.25) is 4.98 Å². The van der Waals surface area contributed by atoms with Crippen molar-refractivity contribution in [3.63, 3.8) is 0 Å². The highest BCUT2D eigenvalue weighted by Gasteiger charge is 2.13. The quantitative estimate of drug-likeness (QED) is 0.656. The summed E-state index contributed by atoms with van der Waals surface area (Å²) in [6, 6.07) is 6.84. The summed E-state index contributed by atoms with van der Waals surface area (Å²) in [5.74, 6) is 0. The lowest BCUT2D eigenvalue weighted by atomic mass is 10.2. The molecular formula is C14H22N4OSi. The van der Waals surface area contributed by atoms with Crippen LogP contribution in [0.4, 0.5) is 5.69 Å². The molecule has 0 saturated heterocycles. The van der Waals surface area contributed by atoms with Crippen molar-refractivity contribution >= 4 is 13.8 Å². The number of hydrogen-bond acceptors (Lipinski definition) is 4. The first-order valence-electron chi connectivity index (χ1n) is 6.78. The third-order valence-electron chi connectivity index (χ3n) is 2.92. The summed E-state index contributed by atoms with van der Waals surface area (Å²) in [5.41, 5.74) is 8.09. The first-order valence-corrected chi connectivity index (χ1v) is 10.5. The molecule has 2 aromatic heterocycles. The molecule has 2 aromatic rings. The molecule has 0 aliphatic heterocycles. The smallest absolute Gasteiger partial charge is 0.139 e. The second-order valence-electron chi connectivity index (χ2n) is 6.04. The van der Waals surface area contributed by atoms with Crippen LogP contribution in [0.3, 0.4) is 0 Å². The fourth-order valence-corrected chi connectivity index (χ4v) is 2.50. The normalized spacial score (nSPS) is 11.8. The van der Waals surface area contributed by atoms with Crippen LogP contribution >= 0.6 is 0 Å². The average molecular weight is 290 g/mol. The summed E-state index contributed by atoms with van der Waals surface area (Å²) in [5, 5.41) is 4.43. The molecule has 108 valence electrons. The van der Waals surface area contributed by atoms with Crippen molar-refractivity contribution in [2.45, 2.75) is 32.4 Å². The van der Waals surface area contributed by atoms with Crippen LogP contribution in [-0.4, -0.2) is 29.4 Å². The topological polar surface area (TPSA) is 66.0 Å². The van der Waals surface area contributed by atoms with Crippen molar-refractivity contribution < 1.29 is 4.74 Å². The van der Waals surface area contributed by atoms with Gasteiger partial charge in [0.15, 0.2) is 0 Å². The van der Waals surface area contributed by atoms with E-state index < -0.39 is 8.07 Å². The fraction of sp³-hybridized carbons (Fsp3) is 0.429. The van der Waals surface area contributed by atoms with Crippen molar-refractivity contribution in [2.75, 3.05) is 12.3 Å². The van der Waals surface area contributed by atoms with Gasteiger partial charge in [0.1, 0.15) is 12.4 Å². The highest BCUT2D eigenvalue weighted by atomic mass is 28.3. The molecular weight excluding hydrogens is 268 g/mol. The number of rotatable bonds is 6. The Morgan fingerprint density at radius 1 is 1.30 bits per heavy atom. The van der Waals surface area contributed by atoms with Gasteiger partial charge in [0.05, 0.1) is 17.6 Å². The van der Waals surface area contributed by atoms with Gasteiger partial charge < -0.3 is 10.5 Å². The van der Waals surface area contributed by atoms with Gasteiger partial charge in [-0.2, -0.15) is 5.10 Å². The van der Waals surface area contributed by atoms with E-state index in [9.17, 15) is 0 Å². The number of hydrogen-bond donors (Lipinski definition) is 1. The third-order valence-corrected chi connectivity index (χ3v) is 4.62. The predicted molar refractivity (Wildman–Crippen MR) is 84.0 cm³/mol. The van der Waals surface area contributed by atoms with E-state index in [1.807, 2.05) is 18.2 Å². The molecule has 6 heteroatoms. The molecule has 0 atom stereocenters.